The highest BCUT2D eigenvalue weighted by Crippen LogP contribution is 2.27. The molecule has 0 bridgehead atoms. The number of thiophene rings is 1. The molecule has 4 heteroatoms. The molecule has 2 atom stereocenters. The number of rotatable bonds is 5. The van der Waals surface area contributed by atoms with Crippen molar-refractivity contribution >= 4 is 33.0 Å². The van der Waals surface area contributed by atoms with E-state index in [2.05, 4.69) is 26.1 Å². The van der Waals surface area contributed by atoms with Crippen molar-refractivity contribution in [1.29, 1.82) is 0 Å². The van der Waals surface area contributed by atoms with E-state index in [1.165, 1.54) is 11.3 Å². The number of fused-ring (bicyclic) bond motifs is 1. The van der Waals surface area contributed by atoms with Gasteiger partial charge < -0.3 is 11.1 Å². The molecule has 0 fully saturated rings. The third-order valence-corrected chi connectivity index (χ3v) is 4.71. The van der Waals surface area contributed by atoms with Gasteiger partial charge in [0, 0.05) is 16.4 Å². The van der Waals surface area contributed by atoms with Crippen molar-refractivity contribution in [3.63, 3.8) is 0 Å². The number of carbonyl (C=O) groups is 1. The number of carbonyl (C=O) groups excluding carboxylic acids is 1. The van der Waals surface area contributed by atoms with Crippen molar-refractivity contribution < 1.29 is 4.79 Å². The first-order chi connectivity index (χ1) is 9.49. The largest absolute Gasteiger partial charge is 0.399 e. The van der Waals surface area contributed by atoms with Gasteiger partial charge in [-0.05, 0) is 48.9 Å². The third kappa shape index (κ3) is 3.51. The number of amides is 1. The molecule has 1 heterocycles. The Bertz CT molecular complexity index is 606. The highest BCUT2D eigenvalue weighted by Gasteiger charge is 2.14. The summed E-state index contributed by atoms with van der Waals surface area (Å²) in [4.78, 5) is 13.0. The first-order valence-electron chi connectivity index (χ1n) is 7.09. The quantitative estimate of drug-likeness (QED) is 0.817. The minimum Gasteiger partial charge on any atom is -0.399 e. The van der Waals surface area contributed by atoms with Crippen LogP contribution in [0.3, 0.4) is 0 Å². The highest BCUT2D eigenvalue weighted by molar-refractivity contribution is 7.20. The van der Waals surface area contributed by atoms with E-state index in [0.29, 0.717) is 5.92 Å². The lowest BCUT2D eigenvalue weighted by atomic mass is 10.0. The predicted octanol–water partition coefficient (Wildman–Crippen LogP) is 4.04. The monoisotopic (exact) mass is 290 g/mol. The van der Waals surface area contributed by atoms with E-state index < -0.39 is 0 Å². The minimum absolute atomic E-state index is 0.0144. The molecule has 1 aromatic carbocycles. The topological polar surface area (TPSA) is 55.1 Å². The zero-order valence-corrected chi connectivity index (χ0v) is 13.1. The summed E-state index contributed by atoms with van der Waals surface area (Å²) < 4.78 is 1.10. The molecule has 1 aromatic heterocycles. The van der Waals surface area contributed by atoms with Crippen molar-refractivity contribution in [3.8, 4) is 0 Å². The fraction of sp³-hybridized carbons (Fsp3) is 0.438. The van der Waals surface area contributed by atoms with E-state index in [-0.39, 0.29) is 11.9 Å². The second-order valence-corrected chi connectivity index (χ2v) is 6.62. The average molecular weight is 290 g/mol. The van der Waals surface area contributed by atoms with Crippen LogP contribution in [0.15, 0.2) is 24.3 Å². The number of nitrogen functional groups attached to an aromatic ring is 1. The zero-order valence-electron chi connectivity index (χ0n) is 12.3. The molecule has 3 N–H and O–H groups in total. The van der Waals surface area contributed by atoms with Crippen LogP contribution >= 0.6 is 11.3 Å². The molecule has 0 saturated carbocycles. The van der Waals surface area contributed by atoms with Crippen LogP contribution < -0.4 is 11.1 Å². The number of hydrogen-bond donors (Lipinski definition) is 2. The molecule has 0 radical (unpaired) electrons. The van der Waals surface area contributed by atoms with Crippen LogP contribution in [-0.2, 0) is 0 Å². The van der Waals surface area contributed by atoms with E-state index in [1.54, 1.807) is 0 Å². The SMILES string of the molecule is CCC(C)CC(C)NC(=O)c1cc2cc(N)ccc2s1. The number of anilines is 1. The van der Waals surface area contributed by atoms with Gasteiger partial charge in [-0.15, -0.1) is 11.3 Å². The van der Waals surface area contributed by atoms with Gasteiger partial charge in [0.05, 0.1) is 4.88 Å². The third-order valence-electron chi connectivity index (χ3n) is 3.59. The predicted molar refractivity (Wildman–Crippen MR) is 87.2 cm³/mol. The van der Waals surface area contributed by atoms with Gasteiger partial charge in [-0.2, -0.15) is 0 Å². The van der Waals surface area contributed by atoms with Crippen LogP contribution in [0.1, 0.15) is 43.3 Å². The molecule has 2 unspecified atom stereocenters. The van der Waals surface area contributed by atoms with Crippen LogP contribution in [0.25, 0.3) is 10.1 Å². The minimum atomic E-state index is 0.0144. The molecule has 1 amide bonds. The van der Waals surface area contributed by atoms with Crippen LogP contribution in [0.5, 0.6) is 0 Å². The summed E-state index contributed by atoms with van der Waals surface area (Å²) in [6, 6.07) is 7.86. The molecular formula is C16H22N2OS. The number of benzene rings is 1. The van der Waals surface area contributed by atoms with Crippen molar-refractivity contribution in [2.45, 2.75) is 39.7 Å². The first-order valence-corrected chi connectivity index (χ1v) is 7.91. The first kappa shape index (κ1) is 14.9. The van der Waals surface area contributed by atoms with Gasteiger partial charge >= 0.3 is 0 Å². The van der Waals surface area contributed by atoms with E-state index >= 15 is 0 Å². The van der Waals surface area contributed by atoms with Gasteiger partial charge in [-0.1, -0.05) is 20.3 Å². The molecule has 3 nitrogen and oxygen atoms in total. The van der Waals surface area contributed by atoms with Gasteiger partial charge in [-0.3, -0.25) is 4.79 Å². The summed E-state index contributed by atoms with van der Waals surface area (Å²) in [7, 11) is 0. The van der Waals surface area contributed by atoms with Gasteiger partial charge in [0.15, 0.2) is 0 Å². The summed E-state index contributed by atoms with van der Waals surface area (Å²) in [6.45, 7) is 6.45. The molecular weight excluding hydrogens is 268 g/mol. The maximum Gasteiger partial charge on any atom is 0.261 e. The van der Waals surface area contributed by atoms with Gasteiger partial charge in [0.2, 0.25) is 0 Å². The second-order valence-electron chi connectivity index (χ2n) is 5.53. The van der Waals surface area contributed by atoms with E-state index in [1.807, 2.05) is 24.3 Å². The van der Waals surface area contributed by atoms with Crippen LogP contribution in [0.4, 0.5) is 5.69 Å². The van der Waals surface area contributed by atoms with Gasteiger partial charge in [0.1, 0.15) is 0 Å². The molecule has 2 rings (SSSR count). The summed E-state index contributed by atoms with van der Waals surface area (Å²) in [5.41, 5.74) is 6.49. The summed E-state index contributed by atoms with van der Waals surface area (Å²) in [5, 5.41) is 4.11. The number of nitrogens with two attached hydrogens (primary N) is 1. The molecule has 20 heavy (non-hydrogen) atoms. The molecule has 0 spiro atoms. The van der Waals surface area contributed by atoms with E-state index in [4.69, 9.17) is 5.73 Å². The Morgan fingerprint density at radius 3 is 2.80 bits per heavy atom. The second kappa shape index (κ2) is 6.27. The van der Waals surface area contributed by atoms with Gasteiger partial charge in [0.25, 0.3) is 5.91 Å². The van der Waals surface area contributed by atoms with E-state index in [0.717, 1.165) is 33.5 Å². The smallest absolute Gasteiger partial charge is 0.261 e. The lowest BCUT2D eigenvalue weighted by molar-refractivity contribution is 0.0939. The van der Waals surface area contributed by atoms with Crippen LogP contribution in [0.2, 0.25) is 0 Å². The summed E-state index contributed by atoms with van der Waals surface area (Å²) >= 11 is 1.51. The Morgan fingerprint density at radius 1 is 1.35 bits per heavy atom. The Labute approximate surface area is 124 Å². The summed E-state index contributed by atoms with van der Waals surface area (Å²) in [6.07, 6.45) is 2.16. The lowest BCUT2D eigenvalue weighted by Crippen LogP contribution is -2.33. The fourth-order valence-electron chi connectivity index (χ4n) is 2.30. The molecule has 0 saturated heterocycles. The maximum absolute atomic E-state index is 12.2. The van der Waals surface area contributed by atoms with Crippen LogP contribution in [-0.4, -0.2) is 11.9 Å². The molecule has 2 aromatic rings. The van der Waals surface area contributed by atoms with Crippen molar-refractivity contribution in [2.24, 2.45) is 5.92 Å². The van der Waals surface area contributed by atoms with Crippen molar-refractivity contribution in [3.05, 3.63) is 29.1 Å². The molecule has 0 aliphatic rings. The summed E-state index contributed by atoms with van der Waals surface area (Å²) in [5.74, 6) is 0.646. The lowest BCUT2D eigenvalue weighted by Gasteiger charge is -2.16. The number of nitrogens with one attached hydrogen (secondary N) is 1. The Kier molecular flexibility index (Phi) is 4.65. The molecule has 0 aliphatic heterocycles. The van der Waals surface area contributed by atoms with Crippen molar-refractivity contribution in [1.82, 2.24) is 5.32 Å². The molecule has 0 aliphatic carbocycles. The Balaban J connectivity index is 2.07. The fourth-order valence-corrected chi connectivity index (χ4v) is 3.24. The van der Waals surface area contributed by atoms with E-state index in [9.17, 15) is 4.79 Å². The zero-order chi connectivity index (χ0) is 14.7. The highest BCUT2D eigenvalue weighted by atomic mass is 32.1. The van der Waals surface area contributed by atoms with Gasteiger partial charge in [-0.25, -0.2) is 0 Å². The Morgan fingerprint density at radius 2 is 2.10 bits per heavy atom. The standard InChI is InChI=1S/C16H22N2OS/c1-4-10(2)7-11(3)18-16(19)15-9-12-8-13(17)5-6-14(12)20-15/h5-6,8-11H,4,7,17H2,1-3H3,(H,18,19). The normalized spacial score (nSPS) is 14.2. The van der Waals surface area contributed by atoms with Crippen molar-refractivity contribution in [2.75, 3.05) is 5.73 Å². The maximum atomic E-state index is 12.2. The molecule has 108 valence electrons. The Hall–Kier alpha value is -1.55. The number of hydrogen-bond acceptors (Lipinski definition) is 3. The van der Waals surface area contributed by atoms with Crippen LogP contribution in [0, 0.1) is 5.92 Å². The average Bonchev–Trinajstić information content (AvgIpc) is 2.81.